The van der Waals surface area contributed by atoms with E-state index in [9.17, 15) is 42.7 Å². The van der Waals surface area contributed by atoms with Gasteiger partial charge < -0.3 is 58.7 Å². The Morgan fingerprint density at radius 1 is 0.576 bits per heavy atom. The predicted octanol–water partition coefficient (Wildman–Crippen LogP) is 10.5. The van der Waals surface area contributed by atoms with Crippen LogP contribution in [0.5, 0.6) is 17.2 Å². The van der Waals surface area contributed by atoms with Crippen molar-refractivity contribution in [2.75, 3.05) is 64.9 Å². The van der Waals surface area contributed by atoms with Gasteiger partial charge in [0.05, 0.1) is 69.2 Å². The van der Waals surface area contributed by atoms with Crippen molar-refractivity contribution < 1.29 is 75.8 Å². The number of nitrogens with one attached hydrogen (secondary N) is 3. The summed E-state index contributed by atoms with van der Waals surface area (Å²) in [6.07, 6.45) is 5.98. The van der Waals surface area contributed by atoms with Gasteiger partial charge in [0, 0.05) is 43.4 Å². The van der Waals surface area contributed by atoms with Crippen molar-refractivity contribution in [3.63, 3.8) is 0 Å². The molecule has 0 radical (unpaired) electrons. The average molecular weight is 1270 g/mol. The first kappa shape index (κ1) is 65.9. The van der Waals surface area contributed by atoms with Crippen LogP contribution in [0.4, 0.5) is 25.0 Å². The molecule has 0 aliphatic carbocycles. The molecule has 4 N–H and O–H groups in total. The molecule has 3 unspecified atom stereocenters. The quantitative estimate of drug-likeness (QED) is 0.0836. The Kier molecular flexibility index (Phi) is 20.2. The molecule has 12 rings (SSSR count). The molecule has 24 heteroatoms. The SMILES string of the molecule is COc1ccc(C2(C(=O)N3C[C@H](F)C[C@@H]3C(=O)Nc3cccc4[nH]ncc34)CCCCO2)cc1.COc1ccc(C2(C(=O)N3C[C@H](F)C[C@@H]3C(=O)Nc3cccc4c3cnn4C(=O)OC(C)(C)C)CCCCO2)cc1.COc1ccc(C2(C(=O)O)CCCCO2)cc1. The Morgan fingerprint density at radius 2 is 1.00 bits per heavy atom. The summed E-state index contributed by atoms with van der Waals surface area (Å²) in [5.74, 6) is -0.665. The molecule has 7 atom stereocenters. The molecule has 5 aliphatic heterocycles. The molecule has 5 saturated heterocycles. The number of benzene rings is 5. The lowest BCUT2D eigenvalue weighted by Gasteiger charge is -2.40. The van der Waals surface area contributed by atoms with Crippen LogP contribution in [0.15, 0.2) is 122 Å². The van der Waals surface area contributed by atoms with Gasteiger partial charge in [-0.05, 0) is 156 Å². The second-order valence-electron chi connectivity index (χ2n) is 24.4. The van der Waals surface area contributed by atoms with Crippen LogP contribution in [0, 0.1) is 0 Å². The summed E-state index contributed by atoms with van der Waals surface area (Å²) < 4.78 is 69.5. The van der Waals surface area contributed by atoms with E-state index < -0.39 is 76.6 Å². The van der Waals surface area contributed by atoms with Crippen molar-refractivity contribution in [2.24, 2.45) is 0 Å². The number of amides is 4. The number of anilines is 2. The first-order valence-electron chi connectivity index (χ1n) is 31.0. The number of likely N-dealkylation sites (tertiary alicyclic amines) is 2. The van der Waals surface area contributed by atoms with Crippen molar-refractivity contribution in [1.29, 1.82) is 0 Å². The average Bonchev–Trinajstić information content (AvgIpc) is 1.51. The van der Waals surface area contributed by atoms with Crippen LogP contribution >= 0.6 is 0 Å². The monoisotopic (exact) mass is 1270 g/mol. The van der Waals surface area contributed by atoms with E-state index in [0.29, 0.717) is 95.3 Å². The number of hydrogen-bond donors (Lipinski definition) is 4. The van der Waals surface area contributed by atoms with Crippen molar-refractivity contribution >= 4 is 68.9 Å². The van der Waals surface area contributed by atoms with E-state index in [-0.39, 0.29) is 31.8 Å². The minimum absolute atomic E-state index is 0.0579. The number of carbonyl (C=O) groups is 6. The number of aromatic amines is 1. The highest BCUT2D eigenvalue weighted by molar-refractivity contribution is 6.06. The van der Waals surface area contributed by atoms with Gasteiger partial charge in [-0.15, -0.1) is 0 Å². The highest BCUT2D eigenvalue weighted by Gasteiger charge is 2.53. The van der Waals surface area contributed by atoms with Crippen molar-refractivity contribution in [2.45, 2.75) is 138 Å². The molecule has 0 spiro atoms. The summed E-state index contributed by atoms with van der Waals surface area (Å²) in [6, 6.07) is 29.7. The molecule has 488 valence electrons. The Hall–Kier alpha value is -9.00. The van der Waals surface area contributed by atoms with E-state index in [0.717, 1.165) is 54.1 Å². The molecule has 7 aromatic rings. The first-order valence-corrected chi connectivity index (χ1v) is 31.0. The number of alkyl halides is 2. The van der Waals surface area contributed by atoms with E-state index in [2.05, 4.69) is 25.9 Å². The van der Waals surface area contributed by atoms with Gasteiger partial charge in [-0.25, -0.2) is 18.4 Å². The van der Waals surface area contributed by atoms with Gasteiger partial charge in [0.15, 0.2) is 16.8 Å². The predicted molar refractivity (Wildman–Crippen MR) is 336 cm³/mol. The van der Waals surface area contributed by atoms with Crippen LogP contribution in [0.3, 0.4) is 0 Å². The van der Waals surface area contributed by atoms with E-state index in [4.69, 9.17) is 33.2 Å². The van der Waals surface area contributed by atoms with Crippen LogP contribution in [0.1, 0.15) is 108 Å². The molecule has 5 fully saturated rings. The van der Waals surface area contributed by atoms with Gasteiger partial charge in [-0.2, -0.15) is 14.9 Å². The zero-order valence-electron chi connectivity index (χ0n) is 52.4. The number of nitrogens with zero attached hydrogens (tertiary/aromatic N) is 5. The lowest BCUT2D eigenvalue weighted by Crippen LogP contribution is -2.54. The van der Waals surface area contributed by atoms with Gasteiger partial charge in [0.25, 0.3) is 11.8 Å². The zero-order chi connectivity index (χ0) is 65.4. The second kappa shape index (κ2) is 28.3. The number of aliphatic carboxylic acids is 1. The number of ether oxygens (including phenoxy) is 7. The number of carboxylic acids is 1. The zero-order valence-corrected chi connectivity index (χ0v) is 52.4. The summed E-state index contributed by atoms with van der Waals surface area (Å²) in [4.78, 5) is 81.8. The molecule has 5 aliphatic rings. The molecule has 22 nitrogen and oxygen atoms in total. The summed E-state index contributed by atoms with van der Waals surface area (Å²) in [5.41, 5.74) is -0.293. The number of fused-ring (bicyclic) bond motifs is 2. The Bertz CT molecular complexity index is 3740. The maximum atomic E-state index is 14.9. The minimum atomic E-state index is -1.36. The number of aromatic nitrogens is 4. The van der Waals surface area contributed by atoms with E-state index >= 15 is 0 Å². The number of carboxylic acid groups (broad SMARTS) is 1. The first-order chi connectivity index (χ1) is 44.2. The molecule has 2 aromatic heterocycles. The topological polar surface area (TPSA) is 264 Å². The lowest BCUT2D eigenvalue weighted by molar-refractivity contribution is -0.174. The van der Waals surface area contributed by atoms with E-state index in [1.807, 2.05) is 6.07 Å². The standard InChI is InChI=1S/C30H35FN4O6.C25H27FN4O4.C13H16O4/c1-29(2,3)41-28(38)35-24-9-7-8-23(22(24)17-32-35)33-26(36)25-16-20(31)18-34(25)27(37)30(14-5-6-15-40-30)19-10-12-21(39-4)13-11-19;1-33-18-9-7-16(8-10-18)25(11-2-3-12-34-25)24(32)30-15-17(26)13-22(30)23(31)28-20-5-4-6-21-19(20)14-27-29-21;1-16-11-6-4-10(5-7-11)13(12(14)15)8-2-3-9-17-13/h7-13,17,20,25H,5-6,14-16,18H2,1-4H3,(H,33,36);4-10,14,17,22H,2-3,11-13,15H2,1H3,(H,27,29)(H,28,31);4-7H,2-3,8-9H2,1H3,(H,14,15)/t20-,25-,30?;17-,22-,25?;/m11./s1. The minimum Gasteiger partial charge on any atom is -0.497 e. The Balaban J connectivity index is 0.000000163. The van der Waals surface area contributed by atoms with Gasteiger partial charge in [-0.3, -0.25) is 24.3 Å². The third-order valence-electron chi connectivity index (χ3n) is 17.3. The highest BCUT2D eigenvalue weighted by atomic mass is 19.1. The van der Waals surface area contributed by atoms with E-state index in [1.165, 1.54) is 16.0 Å². The number of rotatable bonds is 13. The number of methoxy groups -OCH3 is 3. The van der Waals surface area contributed by atoms with Crippen LogP contribution in [-0.2, 0) is 59.7 Å². The van der Waals surface area contributed by atoms with Crippen LogP contribution in [0.2, 0.25) is 0 Å². The van der Waals surface area contributed by atoms with Crippen LogP contribution in [0.25, 0.3) is 21.8 Å². The van der Waals surface area contributed by atoms with Gasteiger partial charge >= 0.3 is 12.1 Å². The van der Waals surface area contributed by atoms with Gasteiger partial charge in [0.1, 0.15) is 47.3 Å². The smallest absolute Gasteiger partial charge is 0.435 e. The molecular weight excluding hydrogens is 1190 g/mol. The fraction of sp³-hybridized carbons (Fsp3) is 0.441. The summed E-state index contributed by atoms with van der Waals surface area (Å²) in [6.45, 7) is 6.21. The molecule has 0 saturated carbocycles. The van der Waals surface area contributed by atoms with Crippen LogP contribution < -0.4 is 24.8 Å². The third-order valence-corrected chi connectivity index (χ3v) is 17.3. The molecule has 0 bridgehead atoms. The Morgan fingerprint density at radius 3 is 1.41 bits per heavy atom. The number of H-pyrrole nitrogens is 1. The fourth-order valence-electron chi connectivity index (χ4n) is 12.6. The maximum absolute atomic E-state index is 14.9. The number of halogens is 2. The van der Waals surface area contributed by atoms with Crippen molar-refractivity contribution in [3.8, 4) is 17.2 Å². The molecule has 7 heterocycles. The number of hydrogen-bond acceptors (Lipinski definition) is 15. The van der Waals surface area contributed by atoms with Gasteiger partial charge in [0.2, 0.25) is 11.8 Å². The summed E-state index contributed by atoms with van der Waals surface area (Å²) >= 11 is 0. The normalized spacial score (nSPS) is 23.9. The molecule has 5 aromatic carbocycles. The molecule has 92 heavy (non-hydrogen) atoms. The summed E-state index contributed by atoms with van der Waals surface area (Å²) in [7, 11) is 4.72. The van der Waals surface area contributed by atoms with Gasteiger partial charge in [-0.1, -0.05) is 48.5 Å². The number of carbonyl (C=O) groups excluding carboxylic acids is 5. The second-order valence-corrected chi connectivity index (χ2v) is 24.4. The maximum Gasteiger partial charge on any atom is 0.435 e. The highest BCUT2D eigenvalue weighted by Crippen LogP contribution is 2.43. The van der Waals surface area contributed by atoms with E-state index in [1.54, 1.807) is 151 Å². The van der Waals surface area contributed by atoms with Crippen molar-refractivity contribution in [3.05, 3.63) is 138 Å². The fourth-order valence-corrected chi connectivity index (χ4v) is 12.6. The van der Waals surface area contributed by atoms with Crippen LogP contribution in [-0.4, -0.2) is 155 Å². The van der Waals surface area contributed by atoms with Crippen molar-refractivity contribution in [1.82, 2.24) is 29.8 Å². The largest absolute Gasteiger partial charge is 0.497 e. The lowest BCUT2D eigenvalue weighted by atomic mass is 9.84. The molecule has 4 amide bonds. The third kappa shape index (κ3) is 13.9. The summed E-state index contributed by atoms with van der Waals surface area (Å²) in [5, 5.41) is 27.4. The molecular formula is C68H78F2N8O14. The Labute approximate surface area is 531 Å².